The highest BCUT2D eigenvalue weighted by molar-refractivity contribution is 7.98. The summed E-state index contributed by atoms with van der Waals surface area (Å²) in [7, 11) is 0. The fourth-order valence-corrected chi connectivity index (χ4v) is 4.13. The van der Waals surface area contributed by atoms with Gasteiger partial charge < -0.3 is 4.52 Å². The lowest BCUT2D eigenvalue weighted by Gasteiger charge is -2.00. The second-order valence-corrected chi connectivity index (χ2v) is 7.31. The van der Waals surface area contributed by atoms with Crippen molar-refractivity contribution in [3.05, 3.63) is 28.5 Å². The van der Waals surface area contributed by atoms with Crippen molar-refractivity contribution < 1.29 is 4.52 Å². The summed E-state index contributed by atoms with van der Waals surface area (Å²) in [5, 5.41) is 6.16. The van der Waals surface area contributed by atoms with Crippen molar-refractivity contribution in [2.75, 3.05) is 0 Å². The van der Waals surface area contributed by atoms with Crippen LogP contribution in [0.2, 0.25) is 0 Å². The Morgan fingerprint density at radius 1 is 1.27 bits per heavy atom. The third kappa shape index (κ3) is 3.15. The number of aryl methyl sites for hydroxylation is 3. The van der Waals surface area contributed by atoms with Gasteiger partial charge in [0.2, 0.25) is 5.89 Å². The Labute approximate surface area is 137 Å². The Hall–Kier alpha value is -1.47. The summed E-state index contributed by atoms with van der Waals surface area (Å²) in [5.74, 6) is 2.10. The van der Waals surface area contributed by atoms with E-state index in [1.807, 2.05) is 0 Å². The van der Waals surface area contributed by atoms with Gasteiger partial charge in [0.1, 0.15) is 16.2 Å². The summed E-state index contributed by atoms with van der Waals surface area (Å²) < 4.78 is 5.31. The van der Waals surface area contributed by atoms with Gasteiger partial charge in [0.05, 0.1) is 5.75 Å². The minimum absolute atomic E-state index is 0.638. The van der Waals surface area contributed by atoms with Gasteiger partial charge in [-0.15, -0.1) is 11.3 Å². The number of hydrogen-bond donors (Lipinski definition) is 0. The molecule has 0 saturated heterocycles. The summed E-state index contributed by atoms with van der Waals surface area (Å²) in [5.41, 5.74) is 1.26. The van der Waals surface area contributed by atoms with Gasteiger partial charge in [0.15, 0.2) is 5.82 Å². The van der Waals surface area contributed by atoms with E-state index < -0.39 is 0 Å². The van der Waals surface area contributed by atoms with Gasteiger partial charge in [-0.3, -0.25) is 0 Å². The molecule has 0 atom stereocenters. The lowest BCUT2D eigenvalue weighted by molar-refractivity contribution is 0.384. The number of thioether (sulfide) groups is 1. The first kappa shape index (κ1) is 15.4. The lowest BCUT2D eigenvalue weighted by Crippen LogP contribution is -1.89. The first-order valence-corrected chi connectivity index (χ1v) is 9.14. The second kappa shape index (κ2) is 6.75. The number of unbranched alkanes of at least 4 members (excludes halogenated alkanes) is 1. The lowest BCUT2D eigenvalue weighted by atomic mass is 10.2. The van der Waals surface area contributed by atoms with Crippen molar-refractivity contribution in [2.24, 2.45) is 0 Å². The van der Waals surface area contributed by atoms with E-state index in [1.165, 1.54) is 10.4 Å². The minimum Gasteiger partial charge on any atom is -0.338 e. The van der Waals surface area contributed by atoms with E-state index in [1.54, 1.807) is 29.4 Å². The normalized spacial score (nSPS) is 11.4. The molecule has 0 bridgehead atoms. The van der Waals surface area contributed by atoms with Crippen LogP contribution >= 0.6 is 23.1 Å². The maximum Gasteiger partial charge on any atom is 0.237 e. The highest BCUT2D eigenvalue weighted by Crippen LogP contribution is 2.35. The molecule has 3 aromatic rings. The molecule has 0 N–H and O–H groups in total. The van der Waals surface area contributed by atoms with E-state index in [2.05, 4.69) is 40.9 Å². The fourth-order valence-electron chi connectivity index (χ4n) is 2.17. The third-order valence-electron chi connectivity index (χ3n) is 3.53. The third-order valence-corrected chi connectivity index (χ3v) is 5.62. The highest BCUT2D eigenvalue weighted by atomic mass is 32.2. The maximum atomic E-state index is 5.31. The van der Waals surface area contributed by atoms with Crippen LogP contribution < -0.4 is 0 Å². The molecular weight excluding hydrogens is 316 g/mol. The van der Waals surface area contributed by atoms with Crippen molar-refractivity contribution >= 4 is 33.3 Å². The predicted molar refractivity (Wildman–Crippen MR) is 89.4 cm³/mol. The van der Waals surface area contributed by atoms with Crippen LogP contribution in [0, 0.1) is 13.8 Å². The van der Waals surface area contributed by atoms with Crippen LogP contribution in [0.15, 0.2) is 15.9 Å². The Balaban J connectivity index is 1.75. The largest absolute Gasteiger partial charge is 0.338 e. The van der Waals surface area contributed by atoms with Crippen molar-refractivity contribution in [2.45, 2.75) is 50.8 Å². The minimum atomic E-state index is 0.638. The zero-order chi connectivity index (χ0) is 15.5. The van der Waals surface area contributed by atoms with Crippen LogP contribution in [0.4, 0.5) is 0 Å². The Bertz CT molecular complexity index is 781. The Morgan fingerprint density at radius 2 is 2.14 bits per heavy atom. The Morgan fingerprint density at radius 3 is 2.95 bits per heavy atom. The van der Waals surface area contributed by atoms with E-state index >= 15 is 0 Å². The molecule has 3 aromatic heterocycles. The molecule has 0 unspecified atom stereocenters. The van der Waals surface area contributed by atoms with E-state index in [0.717, 1.165) is 40.3 Å². The van der Waals surface area contributed by atoms with E-state index in [-0.39, 0.29) is 0 Å². The summed E-state index contributed by atoms with van der Waals surface area (Å²) in [6.45, 7) is 6.40. The molecule has 5 nitrogen and oxygen atoms in total. The summed E-state index contributed by atoms with van der Waals surface area (Å²) in [6, 6.07) is 0. The molecular formula is C15H18N4OS2. The molecule has 3 rings (SSSR count). The molecule has 0 radical (unpaired) electrons. The van der Waals surface area contributed by atoms with Crippen LogP contribution in [0.1, 0.15) is 41.9 Å². The number of fused-ring (bicyclic) bond motifs is 1. The summed E-state index contributed by atoms with van der Waals surface area (Å²) >= 11 is 3.34. The van der Waals surface area contributed by atoms with Crippen LogP contribution in [0.3, 0.4) is 0 Å². The van der Waals surface area contributed by atoms with Gasteiger partial charge in [-0.25, -0.2) is 9.97 Å². The topological polar surface area (TPSA) is 64.7 Å². The monoisotopic (exact) mass is 334 g/mol. The zero-order valence-electron chi connectivity index (χ0n) is 12.9. The molecule has 0 saturated carbocycles. The van der Waals surface area contributed by atoms with Crippen molar-refractivity contribution in [1.29, 1.82) is 0 Å². The quantitative estimate of drug-likeness (QED) is 0.494. The van der Waals surface area contributed by atoms with Crippen molar-refractivity contribution in [3.8, 4) is 0 Å². The number of thiophene rings is 1. The molecule has 0 aliphatic rings. The van der Waals surface area contributed by atoms with E-state index in [0.29, 0.717) is 11.6 Å². The molecule has 0 aliphatic heterocycles. The van der Waals surface area contributed by atoms with Crippen LogP contribution in [-0.4, -0.2) is 20.1 Å². The molecule has 0 amide bonds. The van der Waals surface area contributed by atoms with Crippen molar-refractivity contribution in [1.82, 2.24) is 20.1 Å². The molecule has 116 valence electrons. The Kier molecular flexibility index (Phi) is 4.73. The molecule has 7 heteroatoms. The average molecular weight is 334 g/mol. The van der Waals surface area contributed by atoms with Gasteiger partial charge in [-0.05, 0) is 25.8 Å². The molecule has 0 aliphatic carbocycles. The number of hydrogen-bond acceptors (Lipinski definition) is 7. The smallest absolute Gasteiger partial charge is 0.237 e. The van der Waals surface area contributed by atoms with E-state index in [4.69, 9.17) is 4.52 Å². The first-order valence-electron chi connectivity index (χ1n) is 7.34. The van der Waals surface area contributed by atoms with Gasteiger partial charge in [-0.1, -0.05) is 30.3 Å². The second-order valence-electron chi connectivity index (χ2n) is 5.14. The average Bonchev–Trinajstić information content (AvgIpc) is 3.09. The molecule has 3 heterocycles. The number of aromatic nitrogens is 4. The maximum absolute atomic E-state index is 5.31. The zero-order valence-corrected chi connectivity index (χ0v) is 14.6. The summed E-state index contributed by atoms with van der Waals surface area (Å²) in [6.07, 6.45) is 4.73. The highest BCUT2D eigenvalue weighted by Gasteiger charge is 2.14. The van der Waals surface area contributed by atoms with Crippen LogP contribution in [-0.2, 0) is 12.2 Å². The molecule has 22 heavy (non-hydrogen) atoms. The van der Waals surface area contributed by atoms with Gasteiger partial charge in [0, 0.05) is 16.7 Å². The SMILES string of the molecule is CCCCc1noc(CSc2ncnc3sc(C)c(C)c23)n1. The fraction of sp³-hybridized carbons (Fsp3) is 0.467. The van der Waals surface area contributed by atoms with Crippen LogP contribution in [0.25, 0.3) is 10.2 Å². The van der Waals surface area contributed by atoms with Crippen LogP contribution in [0.5, 0.6) is 0 Å². The van der Waals surface area contributed by atoms with Gasteiger partial charge in [-0.2, -0.15) is 4.98 Å². The molecule has 0 spiro atoms. The first-order chi connectivity index (χ1) is 10.7. The van der Waals surface area contributed by atoms with Crippen molar-refractivity contribution in [3.63, 3.8) is 0 Å². The standard InChI is InChI=1S/C15H18N4OS2/c1-4-5-6-11-18-12(20-19-11)7-21-14-13-9(2)10(3)22-15(13)17-8-16-14/h8H,4-7H2,1-3H3. The predicted octanol–water partition coefficient (Wildman–Crippen LogP) is 4.33. The molecule has 0 aromatic carbocycles. The van der Waals surface area contributed by atoms with E-state index in [9.17, 15) is 0 Å². The van der Waals surface area contributed by atoms with Gasteiger partial charge in [0.25, 0.3) is 0 Å². The summed E-state index contributed by atoms with van der Waals surface area (Å²) in [4.78, 5) is 15.5. The molecule has 0 fully saturated rings. The number of nitrogens with zero attached hydrogens (tertiary/aromatic N) is 4. The number of rotatable bonds is 6. The van der Waals surface area contributed by atoms with Gasteiger partial charge >= 0.3 is 0 Å².